The molecular weight excluding hydrogens is 640 g/mol. The molecule has 5 aliphatic rings. The summed E-state index contributed by atoms with van der Waals surface area (Å²) in [5, 5.41) is 0.570. The normalized spacial score (nSPS) is 35.0. The van der Waals surface area contributed by atoms with Crippen molar-refractivity contribution in [3.8, 4) is 5.75 Å². The number of amides is 1. The van der Waals surface area contributed by atoms with Gasteiger partial charge in [0.05, 0.1) is 22.0 Å². The fourth-order valence-electron chi connectivity index (χ4n) is 9.40. The lowest BCUT2D eigenvalue weighted by molar-refractivity contribution is 0.0536. The molecule has 7 atom stereocenters. The van der Waals surface area contributed by atoms with Gasteiger partial charge in [-0.05, 0) is 130 Å². The van der Waals surface area contributed by atoms with Crippen LogP contribution in [0.5, 0.6) is 5.75 Å². The van der Waals surface area contributed by atoms with E-state index in [1.807, 2.05) is 31.2 Å². The third kappa shape index (κ3) is 6.88. The second-order valence-corrected chi connectivity index (χ2v) is 18.8. The zero-order chi connectivity index (χ0) is 33.6. The first-order chi connectivity index (χ1) is 23.0. The van der Waals surface area contributed by atoms with E-state index in [0.29, 0.717) is 29.9 Å². The first-order valence-electron chi connectivity index (χ1n) is 18.4. The summed E-state index contributed by atoms with van der Waals surface area (Å²) in [7, 11) is -0.621. The van der Waals surface area contributed by atoms with Gasteiger partial charge in [-0.2, -0.15) is 0 Å². The van der Waals surface area contributed by atoms with E-state index in [0.717, 1.165) is 87.8 Å². The SMILES string of the molecule is C=S1(=O)NC(=O)c2ccc3c(c2)N(C[C@@H]2CC[C@H]2[C@H](CN2CCN(C)CC2)CCC[C@H](C)[C@H]1C)C[C@@]1(CCCc2cc(Cl)ccc21)CO3. The molecule has 262 valence electrons. The van der Waals surface area contributed by atoms with Gasteiger partial charge in [-0.1, -0.05) is 31.0 Å². The molecule has 2 bridgehead atoms. The van der Waals surface area contributed by atoms with Crippen molar-refractivity contribution in [1.82, 2.24) is 14.5 Å². The number of piperazine rings is 1. The first-order valence-corrected chi connectivity index (χ1v) is 20.6. The zero-order valence-electron chi connectivity index (χ0n) is 29.2. The van der Waals surface area contributed by atoms with E-state index in [-0.39, 0.29) is 22.5 Å². The van der Waals surface area contributed by atoms with E-state index in [9.17, 15) is 9.00 Å². The van der Waals surface area contributed by atoms with Crippen LogP contribution >= 0.6 is 11.6 Å². The van der Waals surface area contributed by atoms with E-state index in [2.05, 4.69) is 51.4 Å². The minimum atomic E-state index is -2.85. The molecule has 1 saturated heterocycles. The van der Waals surface area contributed by atoms with Crippen LogP contribution in [0.2, 0.25) is 5.02 Å². The Kier molecular flexibility index (Phi) is 9.84. The van der Waals surface area contributed by atoms with Gasteiger partial charge in [-0.3, -0.25) is 9.52 Å². The summed E-state index contributed by atoms with van der Waals surface area (Å²) in [4.78, 5) is 21.4. The van der Waals surface area contributed by atoms with Gasteiger partial charge in [0.1, 0.15) is 5.75 Å². The molecule has 3 aliphatic heterocycles. The lowest BCUT2D eigenvalue weighted by atomic mass is 9.65. The number of ether oxygens (including phenoxy) is 1. The molecule has 2 fully saturated rings. The maximum absolute atomic E-state index is 13.9. The summed E-state index contributed by atoms with van der Waals surface area (Å²) in [6.07, 6.45) is 9.02. The number of likely N-dealkylation sites (N-methyl/N-ethyl adjacent to an activating group) is 1. The summed E-state index contributed by atoms with van der Waals surface area (Å²) in [6.45, 7) is 12.3. The van der Waals surface area contributed by atoms with E-state index < -0.39 is 9.71 Å². The number of nitrogens with zero attached hydrogens (tertiary/aromatic N) is 3. The van der Waals surface area contributed by atoms with Crippen LogP contribution in [0.4, 0.5) is 5.69 Å². The van der Waals surface area contributed by atoms with Crippen LogP contribution in [0.15, 0.2) is 36.4 Å². The number of aryl methyl sites for hydroxylation is 1. The lowest BCUT2D eigenvalue weighted by Crippen LogP contribution is -2.51. The quantitative estimate of drug-likeness (QED) is 0.374. The van der Waals surface area contributed by atoms with Gasteiger partial charge < -0.3 is 19.4 Å². The molecule has 0 aromatic heterocycles. The van der Waals surface area contributed by atoms with Crippen molar-refractivity contribution in [3.63, 3.8) is 0 Å². The second kappa shape index (κ2) is 13.8. The van der Waals surface area contributed by atoms with Crippen LogP contribution in [0, 0.1) is 23.7 Å². The third-order valence-corrected chi connectivity index (χ3v) is 15.3. The van der Waals surface area contributed by atoms with Crippen molar-refractivity contribution in [2.75, 3.05) is 64.4 Å². The van der Waals surface area contributed by atoms with Gasteiger partial charge in [0.2, 0.25) is 0 Å². The van der Waals surface area contributed by atoms with Crippen molar-refractivity contribution < 1.29 is 13.7 Å². The van der Waals surface area contributed by atoms with Crippen LogP contribution in [-0.4, -0.2) is 90.5 Å². The van der Waals surface area contributed by atoms with Crippen LogP contribution in [0.3, 0.4) is 0 Å². The van der Waals surface area contributed by atoms with Gasteiger partial charge in [-0.15, -0.1) is 0 Å². The number of fused-ring (bicyclic) bond motifs is 4. The fourth-order valence-corrected chi connectivity index (χ4v) is 11.1. The number of halogens is 1. The van der Waals surface area contributed by atoms with Crippen molar-refractivity contribution in [3.05, 3.63) is 58.1 Å². The Morgan fingerprint density at radius 1 is 1.04 bits per heavy atom. The summed E-state index contributed by atoms with van der Waals surface area (Å²) < 4.78 is 23.5. The number of rotatable bonds is 2. The van der Waals surface area contributed by atoms with E-state index in [1.165, 1.54) is 36.9 Å². The average molecular weight is 695 g/mol. The smallest absolute Gasteiger partial charge is 0.262 e. The topological polar surface area (TPSA) is 65.1 Å². The Balaban J connectivity index is 1.26. The largest absolute Gasteiger partial charge is 0.490 e. The molecule has 9 heteroatoms. The van der Waals surface area contributed by atoms with Crippen molar-refractivity contribution in [2.45, 2.75) is 75.9 Å². The summed E-state index contributed by atoms with van der Waals surface area (Å²) in [6, 6.07) is 12.2. The lowest BCUT2D eigenvalue weighted by Gasteiger charge is -2.48. The Labute approximate surface area is 293 Å². The minimum Gasteiger partial charge on any atom is -0.490 e. The highest BCUT2D eigenvalue weighted by molar-refractivity contribution is 7.99. The van der Waals surface area contributed by atoms with Gasteiger partial charge >= 0.3 is 0 Å². The highest BCUT2D eigenvalue weighted by Gasteiger charge is 2.45. The van der Waals surface area contributed by atoms with E-state index >= 15 is 0 Å². The third-order valence-electron chi connectivity index (χ3n) is 12.8. The Hall–Kier alpha value is -2.26. The molecule has 0 radical (unpaired) electrons. The zero-order valence-corrected chi connectivity index (χ0v) is 30.8. The van der Waals surface area contributed by atoms with Gasteiger partial charge in [0.25, 0.3) is 5.91 Å². The molecule has 1 N–H and O–H groups in total. The summed E-state index contributed by atoms with van der Waals surface area (Å²) in [5.41, 5.74) is 4.02. The molecule has 3 heterocycles. The van der Waals surface area contributed by atoms with Crippen LogP contribution in [0.25, 0.3) is 0 Å². The molecular formula is C39H55ClN4O3S. The number of carbonyl (C=O) groups excluding carboxylic acids is 1. The maximum atomic E-state index is 13.9. The molecule has 7 nitrogen and oxygen atoms in total. The van der Waals surface area contributed by atoms with E-state index in [4.69, 9.17) is 16.3 Å². The summed E-state index contributed by atoms with van der Waals surface area (Å²) in [5.74, 6) is 6.70. The van der Waals surface area contributed by atoms with Gasteiger partial charge in [0.15, 0.2) is 0 Å². The highest BCUT2D eigenvalue weighted by atomic mass is 35.5. The Morgan fingerprint density at radius 2 is 1.85 bits per heavy atom. The Bertz CT molecular complexity index is 1610. The van der Waals surface area contributed by atoms with Gasteiger partial charge in [0, 0.05) is 67.1 Å². The predicted molar refractivity (Wildman–Crippen MR) is 199 cm³/mol. The molecule has 1 unspecified atom stereocenters. The number of hydrogen-bond donors (Lipinski definition) is 1. The molecule has 2 aromatic carbocycles. The highest BCUT2D eigenvalue weighted by Crippen LogP contribution is 2.48. The van der Waals surface area contributed by atoms with Gasteiger partial charge in [-0.25, -0.2) is 4.21 Å². The molecule has 7 rings (SSSR count). The molecule has 48 heavy (non-hydrogen) atoms. The standard InChI is InChI=1S/C39H55ClN4O3S/c1-27-7-5-8-31(23-43-19-17-42(3)18-20-43)34-13-10-32(34)24-44-25-39(16-6-9-29-21-33(40)12-14-35(29)39)26-47-37-15-11-30(22-36(37)44)38(45)41-48(4,46)28(27)2/h11-12,14-15,21-22,27-28,31-32,34H,4-10,13,16-20,23-26H2,1-3H3,(H,41,45,46)/t27-,28+,31-,32-,34-,39-,48?/m0/s1. The maximum Gasteiger partial charge on any atom is 0.262 e. The predicted octanol–water partition coefficient (Wildman–Crippen LogP) is 6.27. The second-order valence-electron chi connectivity index (χ2n) is 15.9. The fraction of sp³-hybridized carbons (Fsp3) is 0.641. The number of nitrogens with one attached hydrogen (secondary N) is 1. The molecule has 2 aliphatic carbocycles. The Morgan fingerprint density at radius 3 is 2.62 bits per heavy atom. The first kappa shape index (κ1) is 34.2. The van der Waals surface area contributed by atoms with Crippen LogP contribution in [0.1, 0.15) is 80.3 Å². The monoisotopic (exact) mass is 694 g/mol. The molecule has 2 aromatic rings. The average Bonchev–Trinajstić information content (AvgIpc) is 3.19. The minimum absolute atomic E-state index is 0.161. The van der Waals surface area contributed by atoms with E-state index in [1.54, 1.807) is 0 Å². The molecule has 1 spiro atoms. The van der Waals surface area contributed by atoms with Crippen molar-refractivity contribution in [2.24, 2.45) is 23.7 Å². The van der Waals surface area contributed by atoms with Crippen LogP contribution in [-0.2, 0) is 21.5 Å². The number of anilines is 1. The van der Waals surface area contributed by atoms with Crippen molar-refractivity contribution in [1.29, 1.82) is 0 Å². The number of carbonyl (C=O) groups is 1. The summed E-state index contributed by atoms with van der Waals surface area (Å²) >= 11 is 6.50. The number of benzene rings is 2. The van der Waals surface area contributed by atoms with Crippen LogP contribution < -0.4 is 14.4 Å². The number of hydrogen-bond acceptors (Lipinski definition) is 6. The molecule has 1 saturated carbocycles. The van der Waals surface area contributed by atoms with Crippen molar-refractivity contribution >= 4 is 38.8 Å². The molecule has 1 amide bonds.